The molecule has 0 saturated heterocycles. The van der Waals surface area contributed by atoms with Gasteiger partial charge in [-0.25, -0.2) is 0 Å². The molecule has 0 heterocycles. The van der Waals surface area contributed by atoms with Crippen molar-refractivity contribution < 1.29 is 4.21 Å². The first-order valence-electron chi connectivity index (χ1n) is 6.26. The van der Waals surface area contributed by atoms with E-state index in [4.69, 9.17) is 5.73 Å². The smallest absolute Gasteiger partial charge is 0.0388 e. The van der Waals surface area contributed by atoms with Crippen LogP contribution in [-0.4, -0.2) is 21.8 Å². The largest absolute Gasteiger partial charge is 0.330 e. The van der Waals surface area contributed by atoms with Crippen LogP contribution in [0.4, 0.5) is 0 Å². The van der Waals surface area contributed by atoms with Crippen LogP contribution < -0.4 is 5.73 Å². The molecule has 0 aromatic carbocycles. The van der Waals surface area contributed by atoms with Crippen molar-refractivity contribution in [3.8, 4) is 0 Å². The van der Waals surface area contributed by atoms with E-state index < -0.39 is 10.8 Å². The van der Waals surface area contributed by atoms with Gasteiger partial charge in [0.1, 0.15) is 0 Å². The van der Waals surface area contributed by atoms with Gasteiger partial charge in [0.2, 0.25) is 0 Å². The van der Waals surface area contributed by atoms with Gasteiger partial charge < -0.3 is 5.73 Å². The van der Waals surface area contributed by atoms with Crippen molar-refractivity contribution in [1.29, 1.82) is 0 Å². The Labute approximate surface area is 96.5 Å². The van der Waals surface area contributed by atoms with Gasteiger partial charge in [0.05, 0.1) is 0 Å². The highest BCUT2D eigenvalue weighted by molar-refractivity contribution is 7.85. The molecule has 2 nitrogen and oxygen atoms in total. The molecule has 0 aromatic heterocycles. The van der Waals surface area contributed by atoms with Crippen molar-refractivity contribution in [2.75, 3.05) is 12.3 Å². The molecule has 1 fully saturated rings. The lowest BCUT2D eigenvalue weighted by atomic mass is 9.89. The Morgan fingerprint density at radius 1 is 1.40 bits per heavy atom. The maximum atomic E-state index is 12.2. The maximum absolute atomic E-state index is 12.2. The van der Waals surface area contributed by atoms with Crippen LogP contribution in [0.5, 0.6) is 0 Å². The first kappa shape index (κ1) is 13.2. The van der Waals surface area contributed by atoms with Gasteiger partial charge in [0.25, 0.3) is 0 Å². The van der Waals surface area contributed by atoms with Crippen molar-refractivity contribution in [1.82, 2.24) is 0 Å². The third-order valence-electron chi connectivity index (χ3n) is 3.63. The Balaban J connectivity index is 2.48. The van der Waals surface area contributed by atoms with Gasteiger partial charge in [-0.2, -0.15) is 0 Å². The summed E-state index contributed by atoms with van der Waals surface area (Å²) in [6.07, 6.45) is 5.97. The summed E-state index contributed by atoms with van der Waals surface area (Å²) in [5, 5.41) is 0.387. The molecular formula is C12H25NOS. The molecule has 1 aliphatic rings. The third-order valence-corrected chi connectivity index (χ3v) is 5.82. The second-order valence-electron chi connectivity index (χ2n) is 4.88. The van der Waals surface area contributed by atoms with Crippen molar-refractivity contribution >= 4 is 10.8 Å². The summed E-state index contributed by atoms with van der Waals surface area (Å²) in [7, 11) is -0.646. The van der Waals surface area contributed by atoms with E-state index in [1.165, 1.54) is 19.3 Å². The minimum absolute atomic E-state index is 0.387. The predicted molar refractivity (Wildman–Crippen MR) is 67.3 cm³/mol. The quantitative estimate of drug-likeness (QED) is 0.789. The van der Waals surface area contributed by atoms with Gasteiger partial charge in [-0.3, -0.25) is 4.21 Å². The number of hydrogen-bond acceptors (Lipinski definition) is 2. The molecule has 0 aliphatic heterocycles. The number of nitrogens with two attached hydrogens (primary N) is 1. The molecule has 1 rings (SSSR count). The van der Waals surface area contributed by atoms with Gasteiger partial charge in [-0.05, 0) is 31.2 Å². The zero-order valence-electron chi connectivity index (χ0n) is 10.1. The minimum atomic E-state index is -0.646. The number of hydrogen-bond donors (Lipinski definition) is 1. The van der Waals surface area contributed by atoms with Crippen LogP contribution >= 0.6 is 0 Å². The second-order valence-corrected chi connectivity index (χ2v) is 6.58. The Hall–Kier alpha value is 0.110. The normalized spacial score (nSPS) is 31.1. The Morgan fingerprint density at radius 2 is 2.07 bits per heavy atom. The minimum Gasteiger partial charge on any atom is -0.330 e. The van der Waals surface area contributed by atoms with Gasteiger partial charge in [-0.15, -0.1) is 0 Å². The fraction of sp³-hybridized carbons (Fsp3) is 1.00. The van der Waals surface area contributed by atoms with E-state index in [9.17, 15) is 4.21 Å². The van der Waals surface area contributed by atoms with Crippen LogP contribution in [-0.2, 0) is 10.8 Å². The third kappa shape index (κ3) is 3.87. The molecule has 0 radical (unpaired) electrons. The Morgan fingerprint density at radius 3 is 2.67 bits per heavy atom. The lowest BCUT2D eigenvalue weighted by Crippen LogP contribution is -2.36. The van der Waals surface area contributed by atoms with E-state index in [0.717, 1.165) is 25.1 Å². The van der Waals surface area contributed by atoms with Crippen molar-refractivity contribution in [2.24, 2.45) is 17.6 Å². The molecule has 1 saturated carbocycles. The molecule has 4 unspecified atom stereocenters. The summed E-state index contributed by atoms with van der Waals surface area (Å²) >= 11 is 0. The predicted octanol–water partition coefficient (Wildman–Crippen LogP) is 2.30. The summed E-state index contributed by atoms with van der Waals surface area (Å²) in [6.45, 7) is 5.08. The molecule has 15 heavy (non-hydrogen) atoms. The molecular weight excluding hydrogens is 206 g/mol. The Bertz CT molecular complexity index is 208. The molecule has 3 heteroatoms. The first-order valence-corrected chi connectivity index (χ1v) is 7.64. The van der Waals surface area contributed by atoms with E-state index in [2.05, 4.69) is 13.8 Å². The van der Waals surface area contributed by atoms with E-state index in [1.807, 2.05) is 0 Å². The van der Waals surface area contributed by atoms with Crippen molar-refractivity contribution in [3.63, 3.8) is 0 Å². The molecule has 1 aliphatic carbocycles. The molecule has 0 bridgehead atoms. The summed E-state index contributed by atoms with van der Waals surface area (Å²) in [5.74, 6) is 1.98. The lowest BCUT2D eigenvalue weighted by molar-refractivity contribution is 0.371. The molecule has 0 spiro atoms. The van der Waals surface area contributed by atoms with Crippen LogP contribution in [0.1, 0.15) is 46.0 Å². The van der Waals surface area contributed by atoms with Crippen LogP contribution in [0.2, 0.25) is 0 Å². The molecule has 0 amide bonds. The van der Waals surface area contributed by atoms with Crippen molar-refractivity contribution in [3.05, 3.63) is 0 Å². The molecule has 2 N–H and O–H groups in total. The van der Waals surface area contributed by atoms with E-state index in [1.54, 1.807) is 0 Å². The highest BCUT2D eigenvalue weighted by Crippen LogP contribution is 2.28. The van der Waals surface area contributed by atoms with Gasteiger partial charge in [0, 0.05) is 21.8 Å². The van der Waals surface area contributed by atoms with Crippen molar-refractivity contribution in [2.45, 2.75) is 51.2 Å². The second kappa shape index (κ2) is 6.64. The Kier molecular flexibility index (Phi) is 5.83. The molecule has 4 atom stereocenters. The van der Waals surface area contributed by atoms with Gasteiger partial charge in [0.15, 0.2) is 0 Å². The SMILES string of the molecule is CCC(C)CS(=O)C1CCCCC1CN. The summed E-state index contributed by atoms with van der Waals surface area (Å²) in [4.78, 5) is 0. The zero-order valence-corrected chi connectivity index (χ0v) is 10.9. The van der Waals surface area contributed by atoms with Gasteiger partial charge >= 0.3 is 0 Å². The highest BCUT2D eigenvalue weighted by atomic mass is 32.2. The van der Waals surface area contributed by atoms with Crippen LogP contribution in [0.25, 0.3) is 0 Å². The molecule has 90 valence electrons. The average molecular weight is 231 g/mol. The summed E-state index contributed by atoms with van der Waals surface area (Å²) < 4.78 is 12.2. The van der Waals surface area contributed by atoms with Gasteiger partial charge in [-0.1, -0.05) is 33.1 Å². The van der Waals surface area contributed by atoms with Crippen LogP contribution in [0.15, 0.2) is 0 Å². The monoisotopic (exact) mass is 231 g/mol. The zero-order chi connectivity index (χ0) is 11.3. The number of rotatable bonds is 5. The van der Waals surface area contributed by atoms with Crippen LogP contribution in [0, 0.1) is 11.8 Å². The highest BCUT2D eigenvalue weighted by Gasteiger charge is 2.29. The average Bonchev–Trinajstić information content (AvgIpc) is 2.28. The topological polar surface area (TPSA) is 43.1 Å². The molecule has 0 aromatic rings. The van der Waals surface area contributed by atoms with E-state index in [0.29, 0.717) is 17.1 Å². The first-order chi connectivity index (χ1) is 7.19. The van der Waals surface area contributed by atoms with E-state index >= 15 is 0 Å². The van der Waals surface area contributed by atoms with Crippen LogP contribution in [0.3, 0.4) is 0 Å². The lowest BCUT2D eigenvalue weighted by Gasteiger charge is -2.30. The standard InChI is InChI=1S/C12H25NOS/c1-3-10(2)9-15(14)12-7-5-4-6-11(12)8-13/h10-12H,3-9,13H2,1-2H3. The summed E-state index contributed by atoms with van der Waals surface area (Å²) in [6, 6.07) is 0. The summed E-state index contributed by atoms with van der Waals surface area (Å²) in [5.41, 5.74) is 5.76. The maximum Gasteiger partial charge on any atom is 0.0388 e. The fourth-order valence-electron chi connectivity index (χ4n) is 2.31. The van der Waals surface area contributed by atoms with E-state index in [-0.39, 0.29) is 0 Å². The fourth-order valence-corrected chi connectivity index (χ4v) is 4.46.